The van der Waals surface area contributed by atoms with Gasteiger partial charge in [0.15, 0.2) is 16.5 Å². The number of nitrogens with one attached hydrogen (secondary N) is 1. The van der Waals surface area contributed by atoms with Crippen LogP contribution in [-0.4, -0.2) is 57.8 Å². The van der Waals surface area contributed by atoms with Crippen molar-refractivity contribution in [3.8, 4) is 0 Å². The molecule has 0 bridgehead atoms. The van der Waals surface area contributed by atoms with Crippen molar-refractivity contribution < 1.29 is 19.1 Å². The van der Waals surface area contributed by atoms with Crippen LogP contribution in [0.4, 0.5) is 0 Å². The van der Waals surface area contributed by atoms with Gasteiger partial charge in [-0.05, 0) is 28.8 Å². The van der Waals surface area contributed by atoms with Crippen molar-refractivity contribution in [2.24, 2.45) is 4.99 Å². The Kier molecular flexibility index (Phi) is 4.83. The number of carbonyl (C=O) groups excluding carboxylic acids is 2. The van der Waals surface area contributed by atoms with E-state index in [1.807, 2.05) is 20.8 Å². The maximum Gasteiger partial charge on any atom is 0.398 e. The van der Waals surface area contributed by atoms with Crippen LogP contribution in [0.2, 0.25) is 0 Å². The molecule has 136 valence electrons. The molecule has 25 heavy (non-hydrogen) atoms. The molecule has 0 aromatic rings. The maximum atomic E-state index is 13.3. The second-order valence-corrected chi connectivity index (χ2v) is 6.82. The zero-order chi connectivity index (χ0) is 18.2. The highest BCUT2D eigenvalue weighted by Crippen LogP contribution is 2.39. The van der Waals surface area contributed by atoms with E-state index in [1.54, 1.807) is 0 Å². The Bertz CT molecular complexity index is 684. The molecule has 0 radical (unpaired) electrons. The molecule has 0 fully saturated rings. The number of carbonyl (C=O) groups is 2. The van der Waals surface area contributed by atoms with Crippen LogP contribution in [0, 0.1) is 4.91 Å². The summed E-state index contributed by atoms with van der Waals surface area (Å²) in [5.41, 5.74) is 0.700. The minimum absolute atomic E-state index is 0.1000. The summed E-state index contributed by atoms with van der Waals surface area (Å²) in [5.74, 6) is 0.590. The van der Waals surface area contributed by atoms with Crippen LogP contribution in [0.5, 0.6) is 0 Å². The van der Waals surface area contributed by atoms with Gasteiger partial charge in [-0.3, -0.25) is 5.32 Å². The fraction of sp³-hybridized carbons (Fsp3) is 0.706. The van der Waals surface area contributed by atoms with Gasteiger partial charge in [0, 0.05) is 13.0 Å². The standard InChI is InChI=1S/C17H27N5O3/c1-4-7-13-17(24)22(9-6-3)15(19-13)12-10-18-11-20(14(23)8-5-2)16(12)21(22)25/h13,18H,4-11H2,1-3H3/q+2. The van der Waals surface area contributed by atoms with Crippen molar-refractivity contribution >= 4 is 17.6 Å². The van der Waals surface area contributed by atoms with Gasteiger partial charge in [0.1, 0.15) is 13.2 Å². The van der Waals surface area contributed by atoms with Crippen molar-refractivity contribution in [2.45, 2.75) is 58.9 Å². The number of hydrogen-bond acceptors (Lipinski definition) is 5. The third-order valence-corrected chi connectivity index (χ3v) is 5.01. The van der Waals surface area contributed by atoms with Gasteiger partial charge in [0.05, 0.1) is 0 Å². The Hall–Kier alpha value is -1.93. The van der Waals surface area contributed by atoms with Crippen molar-refractivity contribution in [1.29, 1.82) is 0 Å². The highest BCUT2D eigenvalue weighted by atomic mass is 16.4. The number of amidine groups is 1. The topological polar surface area (TPSA) is 81.9 Å². The molecule has 0 aliphatic carbocycles. The lowest BCUT2D eigenvalue weighted by Crippen LogP contribution is -2.59. The molecule has 3 aliphatic rings. The Labute approximate surface area is 147 Å². The molecule has 0 spiro atoms. The lowest BCUT2D eigenvalue weighted by molar-refractivity contribution is -1.22. The Balaban J connectivity index is 2.08. The fourth-order valence-corrected chi connectivity index (χ4v) is 3.94. The summed E-state index contributed by atoms with van der Waals surface area (Å²) in [4.78, 5) is 45.8. The predicted molar refractivity (Wildman–Crippen MR) is 91.8 cm³/mol. The van der Waals surface area contributed by atoms with Crippen molar-refractivity contribution in [3.05, 3.63) is 16.3 Å². The molecule has 8 heteroatoms. The van der Waals surface area contributed by atoms with E-state index in [9.17, 15) is 14.5 Å². The first-order chi connectivity index (χ1) is 12.0. The largest absolute Gasteiger partial charge is 0.398 e. The van der Waals surface area contributed by atoms with E-state index >= 15 is 0 Å². The van der Waals surface area contributed by atoms with Crippen molar-refractivity contribution in [2.75, 3.05) is 19.8 Å². The first-order valence-electron chi connectivity index (χ1n) is 9.26. The number of aliphatic imine (C=N–C) groups is 1. The second-order valence-electron chi connectivity index (χ2n) is 6.82. The van der Waals surface area contributed by atoms with Crippen LogP contribution >= 0.6 is 0 Å². The van der Waals surface area contributed by atoms with Gasteiger partial charge < -0.3 is 0 Å². The summed E-state index contributed by atoms with van der Waals surface area (Å²) in [5, 5.41) is 3.18. The fourth-order valence-electron chi connectivity index (χ4n) is 3.94. The number of nitroso groups, excluding NO2 is 1. The summed E-state index contributed by atoms with van der Waals surface area (Å²) in [6.45, 7) is 7.02. The van der Waals surface area contributed by atoms with Crippen molar-refractivity contribution in [1.82, 2.24) is 10.2 Å². The first-order valence-corrected chi connectivity index (χ1v) is 9.26. The summed E-state index contributed by atoms with van der Waals surface area (Å²) in [6.07, 6.45) is 3.25. The molecular formula is C17H27N5O3+2. The smallest absolute Gasteiger partial charge is 0.276 e. The minimum Gasteiger partial charge on any atom is -0.276 e. The summed E-state index contributed by atoms with van der Waals surface area (Å²) < 4.78 is -0.399. The average Bonchev–Trinajstić information content (AvgIpc) is 3.00. The van der Waals surface area contributed by atoms with E-state index in [0.29, 0.717) is 62.7 Å². The zero-order valence-electron chi connectivity index (χ0n) is 15.2. The van der Waals surface area contributed by atoms with Gasteiger partial charge in [-0.25, -0.2) is 14.6 Å². The third-order valence-electron chi connectivity index (χ3n) is 5.01. The molecule has 8 nitrogen and oxygen atoms in total. The highest BCUT2D eigenvalue weighted by molar-refractivity contribution is 6.06. The predicted octanol–water partition coefficient (Wildman–Crippen LogP) is 1.43. The second kappa shape index (κ2) is 6.76. The summed E-state index contributed by atoms with van der Waals surface area (Å²) in [7, 11) is 0. The number of hydrogen-bond donors (Lipinski definition) is 1. The molecule has 0 saturated heterocycles. The van der Waals surface area contributed by atoms with Crippen molar-refractivity contribution in [3.63, 3.8) is 0 Å². The Morgan fingerprint density at radius 1 is 1.32 bits per heavy atom. The van der Waals surface area contributed by atoms with Gasteiger partial charge in [-0.2, -0.15) is 4.90 Å². The van der Waals surface area contributed by atoms with E-state index in [2.05, 4.69) is 10.3 Å². The number of quaternary nitrogens is 1. The SMILES string of the molecule is CCCC(=O)N1CNCC2=C1[N+](=O)[N+]1(CCC)C(=O)C(CCC)N=C21. The monoisotopic (exact) mass is 349 g/mol. The maximum absolute atomic E-state index is 13.3. The van der Waals surface area contributed by atoms with Gasteiger partial charge in [-0.15, -0.1) is 0 Å². The minimum atomic E-state index is -0.459. The van der Waals surface area contributed by atoms with Gasteiger partial charge in [-0.1, -0.05) is 27.2 Å². The van der Waals surface area contributed by atoms with Crippen LogP contribution < -0.4 is 5.32 Å². The molecule has 0 saturated carbocycles. The number of nitrogens with zero attached hydrogens (tertiary/aromatic N) is 4. The first kappa shape index (κ1) is 17.9. The molecule has 3 aliphatic heterocycles. The normalized spacial score (nSPS) is 28.4. The van der Waals surface area contributed by atoms with Crippen LogP contribution in [0.25, 0.3) is 0 Å². The van der Waals surface area contributed by atoms with E-state index < -0.39 is 10.6 Å². The van der Waals surface area contributed by atoms with Crippen LogP contribution in [-0.2, 0) is 9.59 Å². The van der Waals surface area contributed by atoms with E-state index in [0.717, 1.165) is 11.3 Å². The van der Waals surface area contributed by atoms with Gasteiger partial charge in [0.2, 0.25) is 0 Å². The highest BCUT2D eigenvalue weighted by Gasteiger charge is 2.70. The molecule has 3 heterocycles. The molecular weight excluding hydrogens is 322 g/mol. The summed E-state index contributed by atoms with van der Waals surface area (Å²) in [6, 6.07) is -0.459. The lowest BCUT2D eigenvalue weighted by atomic mass is 10.1. The average molecular weight is 349 g/mol. The Morgan fingerprint density at radius 2 is 2.08 bits per heavy atom. The number of amides is 2. The van der Waals surface area contributed by atoms with Crippen LogP contribution in [0.1, 0.15) is 52.9 Å². The molecule has 0 aromatic carbocycles. The molecule has 2 amide bonds. The third kappa shape index (κ3) is 2.46. The van der Waals surface area contributed by atoms with E-state index in [-0.39, 0.29) is 11.8 Å². The molecule has 1 N–H and O–H groups in total. The summed E-state index contributed by atoms with van der Waals surface area (Å²) >= 11 is 0. The van der Waals surface area contributed by atoms with Gasteiger partial charge >= 0.3 is 17.6 Å². The number of fused-ring (bicyclic) bond motifs is 2. The molecule has 3 rings (SSSR count). The Morgan fingerprint density at radius 3 is 2.72 bits per heavy atom. The molecule has 2 unspecified atom stereocenters. The number of rotatable bonds is 6. The van der Waals surface area contributed by atoms with E-state index in [1.165, 1.54) is 4.90 Å². The zero-order valence-corrected chi connectivity index (χ0v) is 15.2. The molecule has 0 aromatic heterocycles. The van der Waals surface area contributed by atoms with Gasteiger partial charge in [0.25, 0.3) is 5.84 Å². The quantitative estimate of drug-likeness (QED) is 0.581. The van der Waals surface area contributed by atoms with E-state index in [4.69, 9.17) is 0 Å². The van der Waals surface area contributed by atoms with Crippen LogP contribution in [0.15, 0.2) is 16.4 Å². The van der Waals surface area contributed by atoms with Crippen LogP contribution in [0.3, 0.4) is 0 Å². The molecule has 2 atom stereocenters. The lowest BCUT2D eigenvalue weighted by Gasteiger charge is -2.21.